The molecule has 0 spiro atoms. The highest BCUT2D eigenvalue weighted by molar-refractivity contribution is 7.91. The molecule has 0 radical (unpaired) electrons. The number of halogens is 1. The van der Waals surface area contributed by atoms with Gasteiger partial charge in [-0.25, -0.2) is 0 Å². The van der Waals surface area contributed by atoms with Crippen molar-refractivity contribution in [2.24, 2.45) is 0 Å². The number of thiophene rings is 1. The van der Waals surface area contributed by atoms with Crippen LogP contribution in [-0.2, 0) is 10.1 Å². The molecule has 0 saturated carbocycles. The summed E-state index contributed by atoms with van der Waals surface area (Å²) in [6.07, 6.45) is 0. The molecule has 1 atom stereocenters. The first-order valence-corrected chi connectivity index (χ1v) is 6.32. The van der Waals surface area contributed by atoms with Crippen LogP contribution < -0.4 is 0 Å². The van der Waals surface area contributed by atoms with E-state index < -0.39 is 34.6 Å². The zero-order valence-electron chi connectivity index (χ0n) is 5.88. The third-order valence-corrected chi connectivity index (χ3v) is 4.94. The summed E-state index contributed by atoms with van der Waals surface area (Å²) in [5, 5.41) is 11.1. The monoisotopic (exact) mass is 244 g/mol. The molecule has 13 heavy (non-hydrogen) atoms. The van der Waals surface area contributed by atoms with Crippen molar-refractivity contribution < 1.29 is 17.9 Å². The lowest BCUT2D eigenvalue weighted by Gasteiger charge is -1.81. The maximum Gasteiger partial charge on any atom is 0.346 e. The molecule has 1 aromatic heterocycles. The highest BCUT2D eigenvalue weighted by atomic mass is 35.7. The molecule has 0 amide bonds. The highest BCUT2D eigenvalue weighted by Crippen LogP contribution is 2.38. The van der Waals surface area contributed by atoms with Crippen LogP contribution in [-0.4, -0.2) is 17.9 Å². The van der Waals surface area contributed by atoms with Crippen LogP contribution in [0.25, 0.3) is 0 Å². The summed E-state index contributed by atoms with van der Waals surface area (Å²) in [7, 11) is -0.431. The van der Waals surface area contributed by atoms with E-state index in [-0.39, 0.29) is 0 Å². The Hall–Kier alpha value is -0.700. The third kappa shape index (κ3) is 2.15. The van der Waals surface area contributed by atoms with Gasteiger partial charge in [0.25, 0.3) is 0 Å². The minimum Gasteiger partial charge on any atom is -0.278 e. The minimum atomic E-state index is -4.43. The normalized spacial score (nSPS) is 12.9. The molecule has 1 unspecified atom stereocenters. The van der Waals surface area contributed by atoms with Gasteiger partial charge < -0.3 is 0 Å². The second-order valence-corrected chi connectivity index (χ2v) is 5.91. The Balaban J connectivity index is 3.35. The van der Waals surface area contributed by atoms with Crippen molar-refractivity contribution in [3.05, 3.63) is 21.6 Å². The Labute approximate surface area is 80.1 Å². The van der Waals surface area contributed by atoms with Gasteiger partial charge in [-0.2, -0.15) is 8.42 Å². The fourth-order valence-electron chi connectivity index (χ4n) is 0.646. The van der Waals surface area contributed by atoms with E-state index in [0.717, 1.165) is 11.4 Å². The van der Waals surface area contributed by atoms with E-state index in [1.807, 2.05) is 0 Å². The highest BCUT2D eigenvalue weighted by Gasteiger charge is 2.31. The number of nitro groups is 1. The van der Waals surface area contributed by atoms with Crippen LogP contribution in [0.15, 0.2) is 15.7 Å². The van der Waals surface area contributed by atoms with Gasteiger partial charge in [0.1, 0.15) is 9.68 Å². The van der Waals surface area contributed by atoms with Crippen molar-refractivity contribution >= 4 is 36.2 Å². The van der Waals surface area contributed by atoms with E-state index in [1.54, 1.807) is 0 Å². The van der Waals surface area contributed by atoms with Gasteiger partial charge in [0.15, 0.2) is 0 Å². The molecule has 0 aliphatic rings. The molecule has 0 bridgehead atoms. The average molecular weight is 245 g/mol. The summed E-state index contributed by atoms with van der Waals surface area (Å²) < 4.78 is 29.1. The van der Waals surface area contributed by atoms with Gasteiger partial charge in [0.05, 0.1) is 11.0 Å². The Kier molecular flexibility index (Phi) is 2.57. The summed E-state index contributed by atoms with van der Waals surface area (Å²) in [5.74, 6) is 0. The van der Waals surface area contributed by atoms with Crippen molar-refractivity contribution in [3.63, 3.8) is 0 Å². The zero-order chi connectivity index (χ0) is 10.2. The largest absolute Gasteiger partial charge is 0.346 e. The zero-order valence-corrected chi connectivity index (χ0v) is 8.27. The van der Waals surface area contributed by atoms with Gasteiger partial charge in [-0.15, -0.1) is 0 Å². The van der Waals surface area contributed by atoms with Crippen LogP contribution >= 0.6 is 20.4 Å². The maximum atomic E-state index is 10.6. The Morgan fingerprint density at radius 3 is 2.38 bits per heavy atom. The molecular weight excluding hydrogens is 242 g/mol. The number of hydrogen-bond acceptors (Lipinski definition) is 4. The molecule has 1 heterocycles. The van der Waals surface area contributed by atoms with E-state index >= 15 is 0 Å². The first kappa shape index (κ1) is 10.4. The molecule has 0 aromatic carbocycles. The quantitative estimate of drug-likeness (QED) is 0.369. The lowest BCUT2D eigenvalue weighted by atomic mass is 10.6. The van der Waals surface area contributed by atoms with E-state index in [1.165, 1.54) is 0 Å². The Morgan fingerprint density at radius 2 is 2.15 bits per heavy atom. The van der Waals surface area contributed by atoms with Crippen LogP contribution in [0.1, 0.15) is 0 Å². The SMILES string of the molecule is O=[N+]([O-])c1cc(S(=O)(=O)O)[s+](Cl)c1. The second-order valence-electron chi connectivity index (χ2n) is 2.02. The number of hydrogen-bond donors (Lipinski definition) is 1. The molecule has 1 N–H and O–H groups in total. The van der Waals surface area contributed by atoms with Crippen molar-refractivity contribution in [1.29, 1.82) is 0 Å². The molecular formula is C4H3ClNO5S2+. The van der Waals surface area contributed by atoms with E-state index in [9.17, 15) is 18.5 Å². The van der Waals surface area contributed by atoms with Gasteiger partial charge in [0, 0.05) is 0 Å². The van der Waals surface area contributed by atoms with Crippen LogP contribution in [0.2, 0.25) is 0 Å². The lowest BCUT2D eigenvalue weighted by Crippen LogP contribution is -1.94. The van der Waals surface area contributed by atoms with Gasteiger partial charge in [-0.3, -0.25) is 14.7 Å². The minimum absolute atomic E-state index is 0.425. The smallest absolute Gasteiger partial charge is 0.278 e. The number of nitrogens with zero attached hydrogens (tertiary/aromatic N) is 1. The molecule has 6 nitrogen and oxygen atoms in total. The molecule has 72 valence electrons. The predicted molar refractivity (Wildman–Crippen MR) is 46.6 cm³/mol. The molecule has 0 fully saturated rings. The Bertz CT molecular complexity index is 449. The standard InChI is InChI=1S/C4H2ClNO5S2/c5-12-2-3(6(7)8)1-4(12)13(9,10)11/h1-2H/p+1. The van der Waals surface area contributed by atoms with Gasteiger partial charge in [-0.05, 0) is 0 Å². The first-order chi connectivity index (χ1) is 5.82. The maximum absolute atomic E-state index is 10.6. The fourth-order valence-corrected chi connectivity index (χ4v) is 3.70. The van der Waals surface area contributed by atoms with Crippen LogP contribution in [0.4, 0.5) is 5.69 Å². The molecule has 0 saturated heterocycles. The summed E-state index contributed by atoms with van der Waals surface area (Å²) in [6, 6.07) is 0.742. The summed E-state index contributed by atoms with van der Waals surface area (Å²) in [5.41, 5.74) is -0.425. The first-order valence-electron chi connectivity index (χ1n) is 2.77. The number of rotatable bonds is 2. The summed E-state index contributed by atoms with van der Waals surface area (Å²) >= 11 is 0. The van der Waals surface area contributed by atoms with Gasteiger partial charge >= 0.3 is 20.0 Å². The van der Waals surface area contributed by atoms with Crippen LogP contribution in [0.5, 0.6) is 0 Å². The van der Waals surface area contributed by atoms with E-state index in [2.05, 4.69) is 0 Å². The van der Waals surface area contributed by atoms with Crippen molar-refractivity contribution in [2.45, 2.75) is 4.21 Å². The molecule has 0 aliphatic heterocycles. The summed E-state index contributed by atoms with van der Waals surface area (Å²) in [6.45, 7) is 0. The fraction of sp³-hybridized carbons (Fsp3) is 0. The van der Waals surface area contributed by atoms with Gasteiger partial charge in [0.2, 0.25) is 16.1 Å². The topological polar surface area (TPSA) is 97.5 Å². The lowest BCUT2D eigenvalue weighted by molar-refractivity contribution is -0.384. The van der Waals surface area contributed by atoms with Crippen LogP contribution in [0.3, 0.4) is 0 Å². The molecule has 1 rings (SSSR count). The van der Waals surface area contributed by atoms with Crippen molar-refractivity contribution in [1.82, 2.24) is 0 Å². The summed E-state index contributed by atoms with van der Waals surface area (Å²) in [4.78, 5) is 9.40. The molecule has 0 aliphatic carbocycles. The third-order valence-electron chi connectivity index (χ3n) is 1.15. The van der Waals surface area contributed by atoms with E-state index in [0.29, 0.717) is 0 Å². The van der Waals surface area contributed by atoms with E-state index in [4.69, 9.17) is 15.2 Å². The average Bonchev–Trinajstić information content (AvgIpc) is 2.29. The van der Waals surface area contributed by atoms with Gasteiger partial charge in [-0.1, -0.05) is 0 Å². The van der Waals surface area contributed by atoms with Crippen molar-refractivity contribution in [3.8, 4) is 0 Å². The van der Waals surface area contributed by atoms with Crippen LogP contribution in [0, 0.1) is 10.1 Å². The second kappa shape index (κ2) is 3.22. The predicted octanol–water partition coefficient (Wildman–Crippen LogP) is 1.59. The van der Waals surface area contributed by atoms with Crippen molar-refractivity contribution in [2.75, 3.05) is 0 Å². The molecule has 9 heteroatoms. The Morgan fingerprint density at radius 1 is 1.62 bits per heavy atom. The molecule has 1 aromatic rings.